The lowest BCUT2D eigenvalue weighted by molar-refractivity contribution is -0.688. The van der Waals surface area contributed by atoms with Crippen LogP contribution >= 0.6 is 31.0 Å². The molecule has 0 aliphatic heterocycles. The van der Waals surface area contributed by atoms with Crippen LogP contribution in [0, 0.1) is 5.82 Å². The van der Waals surface area contributed by atoms with Crippen LogP contribution in [0.4, 0.5) is 10.1 Å². The number of unbranched alkanes of at least 4 members (excludes halogenated alkanes) is 4. The number of benzene rings is 4. The van der Waals surface area contributed by atoms with Gasteiger partial charge in [0.2, 0.25) is 0 Å². The lowest BCUT2D eigenvalue weighted by atomic mass is 10.1. The summed E-state index contributed by atoms with van der Waals surface area (Å²) in [6, 6.07) is 25.6. The second-order valence-electron chi connectivity index (χ2n) is 15.7. The fourth-order valence-electron chi connectivity index (χ4n) is 7.30. The van der Waals surface area contributed by atoms with Crippen LogP contribution in [0.3, 0.4) is 0 Å². The number of ketones is 1. The molecule has 6 aromatic rings. The van der Waals surface area contributed by atoms with Crippen molar-refractivity contribution < 1.29 is 57.1 Å². The summed E-state index contributed by atoms with van der Waals surface area (Å²) in [6.07, 6.45) is 10.6. The fraction of sp³-hybridized carbons (Fsp3) is 0.312. The summed E-state index contributed by atoms with van der Waals surface area (Å²) >= 11 is 13.2. The number of ether oxygens (including phenoxy) is 2. The number of rotatable bonds is 26. The van der Waals surface area contributed by atoms with E-state index in [2.05, 4.69) is 39.4 Å². The fourth-order valence-corrected chi connectivity index (χ4v) is 8.09. The first-order valence-corrected chi connectivity index (χ1v) is 23.8. The number of anilines is 1. The molecular weight excluding hydrogens is 913 g/mol. The summed E-state index contributed by atoms with van der Waals surface area (Å²) in [6.45, 7) is 1.99. The number of halogens is 3. The highest BCUT2D eigenvalue weighted by atomic mass is 35.5. The molecule has 6 rings (SSSR count). The van der Waals surface area contributed by atoms with Gasteiger partial charge in [0.1, 0.15) is 27.4 Å². The van der Waals surface area contributed by atoms with E-state index in [1.165, 1.54) is 48.4 Å². The predicted octanol–water partition coefficient (Wildman–Crippen LogP) is 8.67. The Hall–Kier alpha value is -5.19. The SMILES string of the molecule is O=C(Nc1c(Cl)c[n+](Cc2ccc(C(O)CNCCCCCCOCCCCc3ccccc3)cc2OCOP(=O)(O)O)cc1Cl)C(=O)c1cn(Cc2ccc(F)cc2)c2ccc(O)cc12. The zero-order chi connectivity index (χ0) is 47.1. The van der Waals surface area contributed by atoms with Crippen molar-refractivity contribution in [1.82, 2.24) is 9.88 Å². The minimum atomic E-state index is -4.86. The second-order valence-corrected chi connectivity index (χ2v) is 17.8. The van der Waals surface area contributed by atoms with Crippen molar-refractivity contribution >= 4 is 59.3 Å². The Morgan fingerprint density at radius 3 is 2.29 bits per heavy atom. The quantitative estimate of drug-likeness (QED) is 0.00761. The number of carbonyl (C=O) groups is 2. The maximum absolute atomic E-state index is 13.6. The smallest absolute Gasteiger partial charge is 0.472 e. The van der Waals surface area contributed by atoms with Crippen molar-refractivity contribution in [3.8, 4) is 11.5 Å². The number of phenols is 1. The number of aliphatic hydroxyl groups excluding tert-OH is 1. The first kappa shape index (κ1) is 50.2. The molecule has 66 heavy (non-hydrogen) atoms. The Morgan fingerprint density at radius 1 is 0.848 bits per heavy atom. The summed E-state index contributed by atoms with van der Waals surface area (Å²) in [7, 11) is -4.86. The highest BCUT2D eigenvalue weighted by Crippen LogP contribution is 2.36. The number of aliphatic hydroxyl groups is 1. The van der Waals surface area contributed by atoms with E-state index in [4.69, 9.17) is 32.7 Å². The molecule has 0 bridgehead atoms. The minimum absolute atomic E-state index is 0.00628. The van der Waals surface area contributed by atoms with Crippen LogP contribution in [0.1, 0.15) is 77.2 Å². The number of phenolic OH excluding ortho intramolecular Hbond substituents is 1. The number of aromatic nitrogens is 2. The summed E-state index contributed by atoms with van der Waals surface area (Å²) in [5, 5.41) is 27.3. The van der Waals surface area contributed by atoms with Gasteiger partial charge in [0, 0.05) is 43.4 Å². The van der Waals surface area contributed by atoms with E-state index in [1.807, 2.05) is 6.07 Å². The van der Waals surface area contributed by atoms with Gasteiger partial charge in [0.05, 0.1) is 22.9 Å². The number of nitrogens with one attached hydrogen (secondary N) is 2. The Bertz CT molecular complexity index is 2590. The van der Waals surface area contributed by atoms with Crippen LogP contribution in [-0.2, 0) is 38.1 Å². The van der Waals surface area contributed by atoms with Gasteiger partial charge in [-0.2, -0.15) is 4.57 Å². The van der Waals surface area contributed by atoms with Gasteiger partial charge >= 0.3 is 7.82 Å². The van der Waals surface area contributed by atoms with Crippen molar-refractivity contribution in [1.29, 1.82) is 0 Å². The number of carbonyl (C=O) groups excluding carboxylic acids is 2. The molecule has 1 amide bonds. The van der Waals surface area contributed by atoms with Gasteiger partial charge in [0.25, 0.3) is 11.7 Å². The molecule has 18 heteroatoms. The number of Topliss-reactive ketones (excluding diaryl/α,β-unsaturated/α-hetero) is 1. The lowest BCUT2D eigenvalue weighted by Crippen LogP contribution is -2.34. The third-order valence-corrected chi connectivity index (χ3v) is 11.7. The van der Waals surface area contributed by atoms with Crippen molar-refractivity contribution in [2.24, 2.45) is 0 Å². The second kappa shape index (κ2) is 24.5. The van der Waals surface area contributed by atoms with E-state index in [9.17, 15) is 38.5 Å². The number of hydrogen-bond acceptors (Lipinski definition) is 9. The molecule has 0 radical (unpaired) electrons. The molecule has 0 saturated carbocycles. The first-order chi connectivity index (χ1) is 31.7. The number of phosphoric ester groups is 1. The molecule has 4 aromatic carbocycles. The van der Waals surface area contributed by atoms with E-state index in [-0.39, 0.29) is 52.4 Å². The maximum atomic E-state index is 13.6. The van der Waals surface area contributed by atoms with Gasteiger partial charge in [-0.15, -0.1) is 0 Å². The van der Waals surface area contributed by atoms with Crippen molar-refractivity contribution in [2.45, 2.75) is 64.1 Å². The zero-order valence-electron chi connectivity index (χ0n) is 36.1. The van der Waals surface area contributed by atoms with E-state index in [0.717, 1.165) is 63.7 Å². The molecule has 1 atom stereocenters. The monoisotopic (exact) mass is 965 g/mol. The number of pyridine rings is 1. The van der Waals surface area contributed by atoms with Crippen molar-refractivity contribution in [3.05, 3.63) is 153 Å². The summed E-state index contributed by atoms with van der Waals surface area (Å²) < 4.78 is 44.2. The van der Waals surface area contributed by atoms with Gasteiger partial charge in [0.15, 0.2) is 25.7 Å². The molecule has 0 aliphatic carbocycles. The highest BCUT2D eigenvalue weighted by Gasteiger charge is 2.26. The van der Waals surface area contributed by atoms with Crippen molar-refractivity contribution in [2.75, 3.05) is 38.4 Å². The average molecular weight is 967 g/mol. The largest absolute Gasteiger partial charge is 0.508 e. The standard InChI is InChI=1S/C48H52Cl2FN4O10P/c49-41-30-54(31-42(50)46(41)53-48(59)47(58)40-29-55(27-34-13-17-37(51)18-14-34)43-20-19-38(56)25-39(40)43)28-36-16-15-35(24-45(36)64-32-65-66(60,61)62)44(57)26-52-21-7-1-2-8-22-63-23-9-6-12-33-10-4-3-5-11-33/h3-5,10-11,13-20,24-25,29-31,44,52,57H,1-2,6-9,12,21-23,26-28,32H2,(H3,56,60,61,62)/p+1. The van der Waals surface area contributed by atoms with Crippen LogP contribution in [0.15, 0.2) is 110 Å². The molecule has 350 valence electrons. The number of aromatic hydroxyl groups is 1. The normalized spacial score (nSPS) is 12.1. The number of aryl methyl sites for hydroxylation is 1. The van der Waals surface area contributed by atoms with Gasteiger partial charge in [-0.1, -0.05) is 84.6 Å². The number of phosphoric acid groups is 1. The molecule has 2 heterocycles. The van der Waals surface area contributed by atoms with E-state index >= 15 is 0 Å². The number of fused-ring (bicyclic) bond motifs is 1. The Morgan fingerprint density at radius 2 is 1.56 bits per heavy atom. The maximum Gasteiger partial charge on any atom is 0.472 e. The Labute approximate surface area is 392 Å². The Kier molecular flexibility index (Phi) is 18.7. The predicted molar refractivity (Wildman–Crippen MR) is 249 cm³/mol. The Balaban J connectivity index is 1.02. The lowest BCUT2D eigenvalue weighted by Gasteiger charge is -2.16. The number of nitrogens with zero attached hydrogens (tertiary/aromatic N) is 2. The van der Waals surface area contributed by atoms with Crippen molar-refractivity contribution in [3.63, 3.8) is 0 Å². The molecule has 6 N–H and O–H groups in total. The van der Waals surface area contributed by atoms with E-state index in [0.29, 0.717) is 28.6 Å². The summed E-state index contributed by atoms with van der Waals surface area (Å²) in [5.41, 5.74) is 3.59. The van der Waals surface area contributed by atoms with Gasteiger partial charge < -0.3 is 44.7 Å². The molecule has 0 aliphatic rings. The topological polar surface area (TPSA) is 193 Å². The van der Waals surface area contributed by atoms with Gasteiger partial charge in [-0.3, -0.25) is 9.59 Å². The van der Waals surface area contributed by atoms with Crippen LogP contribution in [0.2, 0.25) is 10.0 Å². The number of amides is 1. The molecule has 0 fully saturated rings. The van der Waals surface area contributed by atoms with Crippen LogP contribution < -0.4 is 19.9 Å². The van der Waals surface area contributed by atoms with Crippen LogP contribution in [0.25, 0.3) is 10.9 Å². The van der Waals surface area contributed by atoms with Crippen LogP contribution in [0.5, 0.6) is 11.5 Å². The average Bonchev–Trinajstić information content (AvgIpc) is 3.63. The molecule has 2 aromatic heterocycles. The first-order valence-electron chi connectivity index (χ1n) is 21.5. The molecular formula is C48H53Cl2FN4O10P+. The highest BCUT2D eigenvalue weighted by molar-refractivity contribution is 7.46. The van der Waals surface area contributed by atoms with E-state index in [1.54, 1.807) is 45.5 Å². The third-order valence-electron chi connectivity index (χ3n) is 10.7. The molecule has 0 saturated heterocycles. The minimum Gasteiger partial charge on any atom is -0.508 e. The molecule has 1 unspecified atom stereocenters. The van der Waals surface area contributed by atoms with E-state index < -0.39 is 38.2 Å². The molecule has 14 nitrogen and oxygen atoms in total. The summed E-state index contributed by atoms with van der Waals surface area (Å²) in [5.74, 6) is -2.33. The van der Waals surface area contributed by atoms with Gasteiger partial charge in [-0.25, -0.2) is 13.5 Å². The third kappa shape index (κ3) is 15.2. The number of hydrogen-bond donors (Lipinski definition) is 6. The van der Waals surface area contributed by atoms with Gasteiger partial charge in [-0.05, 0) is 97.8 Å². The summed E-state index contributed by atoms with van der Waals surface area (Å²) in [4.78, 5) is 45.5. The molecule has 0 spiro atoms. The zero-order valence-corrected chi connectivity index (χ0v) is 38.5. The van der Waals surface area contributed by atoms with Crippen LogP contribution in [-0.4, -0.2) is 69.4 Å².